The lowest BCUT2D eigenvalue weighted by Gasteiger charge is -2.34. The average Bonchev–Trinajstić information content (AvgIpc) is 3.23. The van der Waals surface area contributed by atoms with Crippen LogP contribution >= 0.6 is 0 Å². The Bertz CT molecular complexity index is 554. The molecule has 0 unspecified atom stereocenters. The Balaban J connectivity index is 1.62. The van der Waals surface area contributed by atoms with Gasteiger partial charge in [-0.15, -0.1) is 0 Å². The van der Waals surface area contributed by atoms with Crippen LogP contribution in [0.4, 0.5) is 0 Å². The Kier molecular flexibility index (Phi) is 3.61. The van der Waals surface area contributed by atoms with Crippen molar-refractivity contribution in [2.75, 3.05) is 32.7 Å². The molecule has 1 amide bonds. The molecular weight excluding hydrogens is 254 g/mol. The van der Waals surface area contributed by atoms with E-state index in [-0.39, 0.29) is 17.0 Å². The largest absolute Gasteiger partial charge is 0.336 e. The third kappa shape index (κ3) is 2.93. The van der Waals surface area contributed by atoms with E-state index in [1.165, 1.54) is 19.4 Å². The van der Waals surface area contributed by atoms with Crippen molar-refractivity contribution in [1.29, 1.82) is 0 Å². The Labute approximate surface area is 118 Å². The molecule has 3 rings (SSSR count). The number of carbonyl (C=O) groups is 1. The van der Waals surface area contributed by atoms with E-state index in [0.717, 1.165) is 37.8 Å². The minimum Gasteiger partial charge on any atom is -0.336 e. The predicted molar refractivity (Wildman–Crippen MR) is 76.9 cm³/mol. The summed E-state index contributed by atoms with van der Waals surface area (Å²) in [6, 6.07) is 3.41. The second kappa shape index (κ2) is 5.40. The van der Waals surface area contributed by atoms with Crippen LogP contribution in [0, 0.1) is 12.8 Å². The lowest BCUT2D eigenvalue weighted by Crippen LogP contribution is -2.49. The van der Waals surface area contributed by atoms with Crippen LogP contribution in [0.3, 0.4) is 0 Å². The van der Waals surface area contributed by atoms with Gasteiger partial charge in [0.1, 0.15) is 5.56 Å². The van der Waals surface area contributed by atoms with E-state index in [1.807, 2.05) is 6.92 Å². The van der Waals surface area contributed by atoms with Crippen LogP contribution in [-0.2, 0) is 0 Å². The number of hydrogen-bond acceptors (Lipinski definition) is 3. The molecule has 0 bridgehead atoms. The molecule has 1 saturated heterocycles. The van der Waals surface area contributed by atoms with Crippen molar-refractivity contribution in [3.8, 4) is 0 Å². The molecule has 0 radical (unpaired) electrons. The van der Waals surface area contributed by atoms with Gasteiger partial charge in [0.05, 0.1) is 0 Å². The molecule has 1 N–H and O–H groups in total. The van der Waals surface area contributed by atoms with Gasteiger partial charge in [-0.2, -0.15) is 0 Å². The molecule has 20 heavy (non-hydrogen) atoms. The molecule has 5 nitrogen and oxygen atoms in total. The molecule has 0 atom stereocenters. The molecule has 5 heteroatoms. The monoisotopic (exact) mass is 275 g/mol. The normalized spacial score (nSPS) is 20.1. The first-order valence-corrected chi connectivity index (χ1v) is 7.35. The summed E-state index contributed by atoms with van der Waals surface area (Å²) in [6.45, 7) is 6.27. The Morgan fingerprint density at radius 1 is 1.25 bits per heavy atom. The van der Waals surface area contributed by atoms with E-state index in [4.69, 9.17) is 0 Å². The number of aromatic nitrogens is 1. The van der Waals surface area contributed by atoms with Crippen molar-refractivity contribution >= 4 is 5.91 Å². The van der Waals surface area contributed by atoms with Gasteiger partial charge in [-0.1, -0.05) is 0 Å². The quantitative estimate of drug-likeness (QED) is 0.890. The van der Waals surface area contributed by atoms with Crippen LogP contribution in [-0.4, -0.2) is 53.4 Å². The minimum atomic E-state index is -0.282. The second-order valence-electron chi connectivity index (χ2n) is 5.92. The molecule has 2 aliphatic rings. The maximum atomic E-state index is 12.4. The molecule has 1 aliphatic heterocycles. The standard InChI is InChI=1S/C15H21N3O2/c1-11-2-5-13(14(19)16-11)15(20)18-8-6-17(7-9-18)10-12-3-4-12/h2,5,12H,3-4,6-10H2,1H3,(H,16,19). The zero-order valence-corrected chi connectivity index (χ0v) is 11.9. The number of piperazine rings is 1. The predicted octanol–water partition coefficient (Wildman–Crippen LogP) is 0.851. The Morgan fingerprint density at radius 2 is 1.95 bits per heavy atom. The number of nitrogens with zero attached hydrogens (tertiary/aromatic N) is 2. The first kappa shape index (κ1) is 13.4. The fourth-order valence-electron chi connectivity index (χ4n) is 2.71. The number of aromatic amines is 1. The topological polar surface area (TPSA) is 56.4 Å². The maximum absolute atomic E-state index is 12.4. The summed E-state index contributed by atoms with van der Waals surface area (Å²) in [5.74, 6) is 0.745. The number of carbonyl (C=O) groups excluding carboxylic acids is 1. The summed E-state index contributed by atoms with van der Waals surface area (Å²) < 4.78 is 0. The third-order valence-electron chi connectivity index (χ3n) is 4.16. The van der Waals surface area contributed by atoms with Crippen molar-refractivity contribution in [3.63, 3.8) is 0 Å². The summed E-state index contributed by atoms with van der Waals surface area (Å²) in [7, 11) is 0. The summed E-state index contributed by atoms with van der Waals surface area (Å²) in [5, 5.41) is 0. The van der Waals surface area contributed by atoms with Gasteiger partial charge in [0.15, 0.2) is 0 Å². The van der Waals surface area contributed by atoms with E-state index < -0.39 is 0 Å². The van der Waals surface area contributed by atoms with Crippen LogP contribution in [0.25, 0.3) is 0 Å². The molecule has 1 saturated carbocycles. The van der Waals surface area contributed by atoms with Crippen molar-refractivity contribution in [2.45, 2.75) is 19.8 Å². The highest BCUT2D eigenvalue weighted by molar-refractivity contribution is 5.93. The van der Waals surface area contributed by atoms with Gasteiger partial charge >= 0.3 is 0 Å². The zero-order chi connectivity index (χ0) is 14.1. The smallest absolute Gasteiger partial charge is 0.260 e. The highest BCUT2D eigenvalue weighted by Crippen LogP contribution is 2.29. The van der Waals surface area contributed by atoms with Gasteiger partial charge in [-0.05, 0) is 37.8 Å². The molecule has 1 aromatic heterocycles. The third-order valence-corrected chi connectivity index (χ3v) is 4.16. The average molecular weight is 275 g/mol. The number of hydrogen-bond donors (Lipinski definition) is 1. The molecule has 108 valence electrons. The number of aryl methyl sites for hydroxylation is 1. The van der Waals surface area contributed by atoms with Crippen molar-refractivity contribution in [1.82, 2.24) is 14.8 Å². The summed E-state index contributed by atoms with van der Waals surface area (Å²) >= 11 is 0. The van der Waals surface area contributed by atoms with Gasteiger partial charge in [0.2, 0.25) is 0 Å². The van der Waals surface area contributed by atoms with Gasteiger partial charge in [0.25, 0.3) is 11.5 Å². The molecule has 2 fully saturated rings. The fourth-order valence-corrected chi connectivity index (χ4v) is 2.71. The summed E-state index contributed by atoms with van der Waals surface area (Å²) in [5.41, 5.74) is 0.752. The Hall–Kier alpha value is -1.62. The van der Waals surface area contributed by atoms with E-state index in [0.29, 0.717) is 0 Å². The molecule has 0 spiro atoms. The van der Waals surface area contributed by atoms with Crippen molar-refractivity contribution < 1.29 is 4.79 Å². The minimum absolute atomic E-state index is 0.141. The van der Waals surface area contributed by atoms with Crippen LogP contribution in [0.2, 0.25) is 0 Å². The first-order valence-electron chi connectivity index (χ1n) is 7.35. The fraction of sp³-hybridized carbons (Fsp3) is 0.600. The molecule has 2 heterocycles. The van der Waals surface area contributed by atoms with Crippen LogP contribution < -0.4 is 5.56 Å². The number of pyridine rings is 1. The van der Waals surface area contributed by atoms with E-state index >= 15 is 0 Å². The van der Waals surface area contributed by atoms with Gasteiger partial charge in [0, 0.05) is 38.4 Å². The highest BCUT2D eigenvalue weighted by atomic mass is 16.2. The van der Waals surface area contributed by atoms with Gasteiger partial charge < -0.3 is 9.88 Å². The summed E-state index contributed by atoms with van der Waals surface area (Å²) in [4.78, 5) is 31.1. The van der Waals surface area contributed by atoms with Crippen LogP contribution in [0.1, 0.15) is 28.9 Å². The molecule has 1 aromatic rings. The Morgan fingerprint density at radius 3 is 2.55 bits per heavy atom. The second-order valence-corrected chi connectivity index (χ2v) is 5.92. The lowest BCUT2D eigenvalue weighted by molar-refractivity contribution is 0.0630. The zero-order valence-electron chi connectivity index (χ0n) is 11.9. The van der Waals surface area contributed by atoms with Crippen LogP contribution in [0.15, 0.2) is 16.9 Å². The van der Waals surface area contributed by atoms with Crippen LogP contribution in [0.5, 0.6) is 0 Å². The van der Waals surface area contributed by atoms with E-state index in [2.05, 4.69) is 9.88 Å². The maximum Gasteiger partial charge on any atom is 0.260 e. The highest BCUT2D eigenvalue weighted by Gasteiger charge is 2.28. The van der Waals surface area contributed by atoms with Gasteiger partial charge in [-0.25, -0.2) is 0 Å². The first-order chi connectivity index (χ1) is 9.63. The van der Waals surface area contributed by atoms with E-state index in [1.54, 1.807) is 17.0 Å². The van der Waals surface area contributed by atoms with E-state index in [9.17, 15) is 9.59 Å². The van der Waals surface area contributed by atoms with Gasteiger partial charge in [-0.3, -0.25) is 14.5 Å². The van der Waals surface area contributed by atoms with Crippen molar-refractivity contribution in [3.05, 3.63) is 33.7 Å². The molecule has 1 aliphatic carbocycles. The summed E-state index contributed by atoms with van der Waals surface area (Å²) in [6.07, 6.45) is 2.72. The molecular formula is C15H21N3O2. The van der Waals surface area contributed by atoms with Crippen molar-refractivity contribution in [2.24, 2.45) is 5.92 Å². The number of nitrogens with one attached hydrogen (secondary N) is 1. The molecule has 0 aromatic carbocycles. The number of amides is 1. The number of H-pyrrole nitrogens is 1. The number of rotatable bonds is 3. The SMILES string of the molecule is Cc1ccc(C(=O)N2CCN(CC3CC3)CC2)c(=O)[nH]1. The lowest BCUT2D eigenvalue weighted by atomic mass is 10.2.